The summed E-state index contributed by atoms with van der Waals surface area (Å²) in [6.45, 7) is 4.03. The molecule has 0 bridgehead atoms. The number of para-hydroxylation sites is 1. The van der Waals surface area contributed by atoms with E-state index >= 15 is 0 Å². The van der Waals surface area contributed by atoms with E-state index in [9.17, 15) is 9.59 Å². The molecule has 0 fully saturated rings. The maximum atomic E-state index is 13.0. The third-order valence-electron chi connectivity index (χ3n) is 5.20. The number of fused-ring (bicyclic) bond motifs is 2. The summed E-state index contributed by atoms with van der Waals surface area (Å²) in [5, 5.41) is 6.24. The highest BCUT2D eigenvalue weighted by atomic mass is 32.2. The van der Waals surface area contributed by atoms with Crippen LogP contribution in [0.1, 0.15) is 26.3 Å². The van der Waals surface area contributed by atoms with E-state index in [1.54, 1.807) is 10.6 Å². The SMILES string of the molecule is CCC(C)n1c(SCC(=O)Nc2cccc3ccccc23)nc2ccccc2c1=O. The van der Waals surface area contributed by atoms with E-state index in [-0.39, 0.29) is 23.3 Å². The molecule has 1 N–H and O–H groups in total. The van der Waals surface area contributed by atoms with Gasteiger partial charge in [-0.15, -0.1) is 0 Å². The molecular weight excluding hydrogens is 394 g/mol. The molecule has 0 aliphatic rings. The fourth-order valence-corrected chi connectivity index (χ4v) is 4.35. The van der Waals surface area contributed by atoms with Crippen molar-refractivity contribution in [3.05, 3.63) is 77.1 Å². The third kappa shape index (κ3) is 3.96. The quantitative estimate of drug-likeness (QED) is 0.344. The van der Waals surface area contributed by atoms with Gasteiger partial charge in [0, 0.05) is 17.1 Å². The van der Waals surface area contributed by atoms with Gasteiger partial charge in [-0.2, -0.15) is 0 Å². The number of benzene rings is 3. The van der Waals surface area contributed by atoms with Crippen LogP contribution < -0.4 is 10.9 Å². The Balaban J connectivity index is 1.60. The Kier molecular flexibility index (Phi) is 5.86. The predicted molar refractivity (Wildman–Crippen MR) is 124 cm³/mol. The summed E-state index contributed by atoms with van der Waals surface area (Å²) in [6.07, 6.45) is 0.801. The van der Waals surface area contributed by atoms with E-state index in [0.717, 1.165) is 22.9 Å². The van der Waals surface area contributed by atoms with Gasteiger partial charge in [0.2, 0.25) is 5.91 Å². The minimum Gasteiger partial charge on any atom is -0.325 e. The number of carbonyl (C=O) groups excluding carboxylic acids is 1. The first-order valence-corrected chi connectivity index (χ1v) is 11.0. The van der Waals surface area contributed by atoms with Crippen molar-refractivity contribution in [2.24, 2.45) is 0 Å². The normalized spacial score (nSPS) is 12.2. The number of nitrogens with one attached hydrogen (secondary N) is 1. The van der Waals surface area contributed by atoms with Gasteiger partial charge in [0.15, 0.2) is 5.16 Å². The molecule has 1 amide bonds. The van der Waals surface area contributed by atoms with Crippen LogP contribution in [-0.2, 0) is 4.79 Å². The maximum absolute atomic E-state index is 13.0. The van der Waals surface area contributed by atoms with E-state index < -0.39 is 0 Å². The minimum atomic E-state index is -0.130. The molecule has 1 atom stereocenters. The second-order valence-corrected chi connectivity index (χ2v) is 8.15. The van der Waals surface area contributed by atoms with Crippen LogP contribution in [0, 0.1) is 0 Å². The van der Waals surface area contributed by atoms with Crippen molar-refractivity contribution >= 4 is 45.0 Å². The Morgan fingerprint density at radius 2 is 1.73 bits per heavy atom. The third-order valence-corrected chi connectivity index (χ3v) is 6.16. The summed E-state index contributed by atoms with van der Waals surface area (Å²) in [4.78, 5) is 30.4. The summed E-state index contributed by atoms with van der Waals surface area (Å²) in [7, 11) is 0. The lowest BCUT2D eigenvalue weighted by molar-refractivity contribution is -0.113. The van der Waals surface area contributed by atoms with Gasteiger partial charge in [0.05, 0.1) is 16.7 Å². The Hall–Kier alpha value is -3.12. The molecule has 0 aliphatic heterocycles. The molecule has 3 aromatic carbocycles. The lowest BCUT2D eigenvalue weighted by Crippen LogP contribution is -2.26. The highest BCUT2D eigenvalue weighted by Gasteiger charge is 2.17. The first-order chi connectivity index (χ1) is 14.6. The first-order valence-electron chi connectivity index (χ1n) is 10.00. The number of aromatic nitrogens is 2. The van der Waals surface area contributed by atoms with E-state index in [0.29, 0.717) is 16.1 Å². The minimum absolute atomic E-state index is 0.00163. The van der Waals surface area contributed by atoms with Crippen molar-refractivity contribution in [3.63, 3.8) is 0 Å². The number of carbonyl (C=O) groups is 1. The molecule has 5 nitrogen and oxygen atoms in total. The topological polar surface area (TPSA) is 64.0 Å². The van der Waals surface area contributed by atoms with Gasteiger partial charge in [0.25, 0.3) is 5.56 Å². The lowest BCUT2D eigenvalue weighted by Gasteiger charge is -2.18. The van der Waals surface area contributed by atoms with E-state index in [1.165, 1.54) is 11.8 Å². The summed E-state index contributed by atoms with van der Waals surface area (Å²) in [5.41, 5.74) is 1.37. The zero-order valence-corrected chi connectivity index (χ0v) is 17.8. The standard InChI is InChI=1S/C24H23N3O2S/c1-3-16(2)27-23(29)19-12-6-7-13-21(19)26-24(27)30-15-22(28)25-20-14-8-10-17-9-4-5-11-18(17)20/h4-14,16H,3,15H2,1-2H3,(H,25,28). The fraction of sp³-hybridized carbons (Fsp3) is 0.208. The molecule has 1 aromatic heterocycles. The fourth-order valence-electron chi connectivity index (χ4n) is 3.45. The molecule has 0 saturated carbocycles. The van der Waals surface area contributed by atoms with Crippen LogP contribution >= 0.6 is 11.8 Å². The van der Waals surface area contributed by atoms with Crippen molar-refractivity contribution in [1.29, 1.82) is 0 Å². The van der Waals surface area contributed by atoms with E-state index in [2.05, 4.69) is 10.3 Å². The second-order valence-electron chi connectivity index (χ2n) is 7.21. The maximum Gasteiger partial charge on any atom is 0.262 e. The van der Waals surface area contributed by atoms with Gasteiger partial charge >= 0.3 is 0 Å². The number of amides is 1. The van der Waals surface area contributed by atoms with Crippen LogP contribution in [0.3, 0.4) is 0 Å². The van der Waals surface area contributed by atoms with Crippen molar-refractivity contribution < 1.29 is 4.79 Å². The average molecular weight is 418 g/mol. The van der Waals surface area contributed by atoms with Crippen LogP contribution in [0.4, 0.5) is 5.69 Å². The molecule has 30 heavy (non-hydrogen) atoms. The molecule has 4 aromatic rings. The number of thioether (sulfide) groups is 1. The first kappa shape index (κ1) is 20.2. The number of nitrogens with zero attached hydrogens (tertiary/aromatic N) is 2. The molecule has 0 aliphatic carbocycles. The zero-order chi connectivity index (χ0) is 21.1. The Morgan fingerprint density at radius 3 is 2.53 bits per heavy atom. The van der Waals surface area contributed by atoms with Crippen molar-refractivity contribution in [2.75, 3.05) is 11.1 Å². The highest BCUT2D eigenvalue weighted by Crippen LogP contribution is 2.25. The van der Waals surface area contributed by atoms with Crippen LogP contribution in [-0.4, -0.2) is 21.2 Å². The molecule has 4 rings (SSSR count). The highest BCUT2D eigenvalue weighted by molar-refractivity contribution is 7.99. The van der Waals surface area contributed by atoms with Gasteiger partial charge in [-0.05, 0) is 36.9 Å². The molecule has 1 heterocycles. The Morgan fingerprint density at radius 1 is 1.03 bits per heavy atom. The number of hydrogen-bond donors (Lipinski definition) is 1. The van der Waals surface area contributed by atoms with Gasteiger partial charge in [-0.3, -0.25) is 14.2 Å². The molecular formula is C24H23N3O2S. The van der Waals surface area contributed by atoms with Crippen LogP contribution in [0.15, 0.2) is 76.7 Å². The number of hydrogen-bond acceptors (Lipinski definition) is 4. The van der Waals surface area contributed by atoms with E-state index in [1.807, 2.05) is 74.5 Å². The monoisotopic (exact) mass is 417 g/mol. The van der Waals surface area contributed by atoms with Gasteiger partial charge in [-0.1, -0.05) is 67.2 Å². The largest absolute Gasteiger partial charge is 0.325 e. The summed E-state index contributed by atoms with van der Waals surface area (Å²) >= 11 is 1.29. The number of rotatable bonds is 6. The van der Waals surface area contributed by atoms with Crippen LogP contribution in [0.25, 0.3) is 21.7 Å². The van der Waals surface area contributed by atoms with Crippen LogP contribution in [0.2, 0.25) is 0 Å². The summed E-state index contributed by atoms with van der Waals surface area (Å²) < 4.78 is 1.71. The Labute approximate surface area is 179 Å². The van der Waals surface area contributed by atoms with Gasteiger partial charge in [0.1, 0.15) is 0 Å². The number of anilines is 1. The smallest absolute Gasteiger partial charge is 0.262 e. The lowest BCUT2D eigenvalue weighted by atomic mass is 10.1. The molecule has 152 valence electrons. The molecule has 0 spiro atoms. The zero-order valence-electron chi connectivity index (χ0n) is 17.0. The second kappa shape index (κ2) is 8.71. The van der Waals surface area contributed by atoms with Gasteiger partial charge in [-0.25, -0.2) is 4.98 Å². The Bertz CT molecular complexity index is 1280. The summed E-state index contributed by atoms with van der Waals surface area (Å²) in [6, 6.07) is 21.1. The van der Waals surface area contributed by atoms with Crippen molar-refractivity contribution in [1.82, 2.24) is 9.55 Å². The summed E-state index contributed by atoms with van der Waals surface area (Å²) in [5.74, 6) is 0.0409. The van der Waals surface area contributed by atoms with Gasteiger partial charge < -0.3 is 5.32 Å². The van der Waals surface area contributed by atoms with Crippen molar-refractivity contribution in [3.8, 4) is 0 Å². The molecule has 1 unspecified atom stereocenters. The average Bonchev–Trinajstić information content (AvgIpc) is 2.77. The van der Waals surface area contributed by atoms with Crippen LogP contribution in [0.5, 0.6) is 0 Å². The predicted octanol–water partition coefficient (Wildman–Crippen LogP) is 5.25. The molecule has 6 heteroatoms. The van der Waals surface area contributed by atoms with Crippen molar-refractivity contribution in [2.45, 2.75) is 31.5 Å². The molecule has 0 radical (unpaired) electrons. The van der Waals surface area contributed by atoms with E-state index in [4.69, 9.17) is 0 Å². The molecule has 0 saturated heterocycles.